The van der Waals surface area contributed by atoms with E-state index in [9.17, 15) is 14.9 Å². The minimum Gasteiger partial charge on any atom is -0.475 e. The highest BCUT2D eigenvalue weighted by Gasteiger charge is 2.21. The second kappa shape index (κ2) is 9.41. The minimum absolute atomic E-state index is 0. The van der Waals surface area contributed by atoms with Crippen molar-refractivity contribution < 1.29 is 19.2 Å². The molecule has 1 N–H and O–H groups in total. The third kappa shape index (κ3) is 5.33. The van der Waals surface area contributed by atoms with Crippen molar-refractivity contribution in [2.24, 2.45) is 0 Å². The number of carbonyl (C=O) groups excluding carboxylic acids is 1. The minimum atomic E-state index is -0.586. The van der Waals surface area contributed by atoms with Crippen molar-refractivity contribution in [2.45, 2.75) is 19.0 Å². The number of likely N-dealkylation sites (N-methyl/N-ethyl adjacent to an activating group) is 1. The summed E-state index contributed by atoms with van der Waals surface area (Å²) in [5.74, 6) is -0.522. The number of hydrogen-bond acceptors (Lipinski definition) is 7. The topological polar surface area (TPSA) is 93.9 Å². The van der Waals surface area contributed by atoms with Crippen molar-refractivity contribution >= 4 is 24.1 Å². The maximum Gasteiger partial charge on any atom is 0.343 e. The van der Waals surface area contributed by atoms with E-state index in [1.807, 2.05) is 7.05 Å². The molecule has 0 aromatic heterocycles. The molecule has 0 spiro atoms. The van der Waals surface area contributed by atoms with Crippen molar-refractivity contribution in [3.8, 4) is 5.75 Å². The quantitative estimate of drug-likeness (QED) is 0.446. The van der Waals surface area contributed by atoms with E-state index in [0.717, 1.165) is 25.1 Å². The van der Waals surface area contributed by atoms with Crippen molar-refractivity contribution in [1.82, 2.24) is 10.2 Å². The summed E-state index contributed by atoms with van der Waals surface area (Å²) in [6.07, 6.45) is 1.07. The molecule has 1 aromatic carbocycles. The Morgan fingerprint density at radius 1 is 1.50 bits per heavy atom. The fourth-order valence-corrected chi connectivity index (χ4v) is 2.55. The van der Waals surface area contributed by atoms with Crippen LogP contribution >= 0.6 is 12.4 Å². The SMILES string of the molecule is COC(=O)COc1ccc(CN(C)C2CCNC2)cc1[N+](=O)[O-].Cl. The van der Waals surface area contributed by atoms with Gasteiger partial charge >= 0.3 is 11.7 Å². The van der Waals surface area contributed by atoms with Gasteiger partial charge in [0.1, 0.15) is 0 Å². The van der Waals surface area contributed by atoms with Crippen LogP contribution in [0.2, 0.25) is 0 Å². The number of nitrogens with one attached hydrogen (secondary N) is 1. The van der Waals surface area contributed by atoms with Crippen LogP contribution in [-0.2, 0) is 16.1 Å². The average molecular weight is 360 g/mol. The summed E-state index contributed by atoms with van der Waals surface area (Å²) in [4.78, 5) is 24.0. The summed E-state index contributed by atoms with van der Waals surface area (Å²) in [5.41, 5.74) is 0.681. The lowest BCUT2D eigenvalue weighted by Gasteiger charge is -2.23. The first kappa shape index (κ1) is 20.1. The van der Waals surface area contributed by atoms with E-state index in [0.29, 0.717) is 12.6 Å². The lowest BCUT2D eigenvalue weighted by Crippen LogP contribution is -2.32. The van der Waals surface area contributed by atoms with E-state index in [4.69, 9.17) is 4.74 Å². The summed E-state index contributed by atoms with van der Waals surface area (Å²) >= 11 is 0. The molecule has 1 unspecified atom stereocenters. The van der Waals surface area contributed by atoms with Gasteiger partial charge in [0.05, 0.1) is 12.0 Å². The highest BCUT2D eigenvalue weighted by atomic mass is 35.5. The van der Waals surface area contributed by atoms with Gasteiger partial charge in [-0.25, -0.2) is 4.79 Å². The molecule has 0 bridgehead atoms. The zero-order valence-corrected chi connectivity index (χ0v) is 14.5. The van der Waals surface area contributed by atoms with Gasteiger partial charge in [-0.3, -0.25) is 15.0 Å². The van der Waals surface area contributed by atoms with E-state index in [2.05, 4.69) is 15.0 Å². The molecule has 0 radical (unpaired) electrons. The second-order valence-electron chi connectivity index (χ2n) is 5.49. The number of nitro benzene ring substituents is 1. The van der Waals surface area contributed by atoms with Gasteiger partial charge in [-0.05, 0) is 31.6 Å². The van der Waals surface area contributed by atoms with Gasteiger partial charge in [0.25, 0.3) is 0 Å². The second-order valence-corrected chi connectivity index (χ2v) is 5.49. The normalized spacial score (nSPS) is 16.5. The number of ether oxygens (including phenoxy) is 2. The van der Waals surface area contributed by atoms with Crippen molar-refractivity contribution in [1.29, 1.82) is 0 Å². The average Bonchev–Trinajstić information content (AvgIpc) is 3.07. The third-order valence-electron chi connectivity index (χ3n) is 3.88. The molecule has 1 aliphatic heterocycles. The van der Waals surface area contributed by atoms with Gasteiger partial charge in [-0.1, -0.05) is 6.07 Å². The van der Waals surface area contributed by atoms with E-state index < -0.39 is 10.9 Å². The largest absolute Gasteiger partial charge is 0.475 e. The Hall–Kier alpha value is -1.90. The molecule has 2 rings (SSSR count). The van der Waals surface area contributed by atoms with Crippen LogP contribution in [0, 0.1) is 10.1 Å². The van der Waals surface area contributed by atoms with E-state index >= 15 is 0 Å². The van der Waals surface area contributed by atoms with Crippen molar-refractivity contribution in [2.75, 3.05) is 33.9 Å². The Bertz CT molecular complexity index is 578. The van der Waals surface area contributed by atoms with Crippen LogP contribution < -0.4 is 10.1 Å². The molecule has 0 amide bonds. The smallest absolute Gasteiger partial charge is 0.343 e. The van der Waals surface area contributed by atoms with Gasteiger partial charge in [-0.2, -0.15) is 0 Å². The van der Waals surface area contributed by atoms with Crippen LogP contribution in [0.25, 0.3) is 0 Å². The predicted octanol–water partition coefficient (Wildman–Crippen LogP) is 1.36. The lowest BCUT2D eigenvalue weighted by molar-refractivity contribution is -0.385. The van der Waals surface area contributed by atoms with E-state index in [1.54, 1.807) is 6.07 Å². The van der Waals surface area contributed by atoms with Crippen LogP contribution in [-0.4, -0.2) is 55.7 Å². The highest BCUT2D eigenvalue weighted by Crippen LogP contribution is 2.28. The molecule has 0 saturated carbocycles. The molecule has 1 heterocycles. The molecule has 1 atom stereocenters. The molecule has 1 saturated heterocycles. The fraction of sp³-hybridized carbons (Fsp3) is 0.533. The zero-order chi connectivity index (χ0) is 16.8. The van der Waals surface area contributed by atoms with E-state index in [-0.39, 0.29) is 30.5 Å². The number of hydrogen-bond donors (Lipinski definition) is 1. The standard InChI is InChI=1S/C15H21N3O5.ClH/c1-17(12-5-6-16-8-12)9-11-3-4-14(13(7-11)18(20)21)23-10-15(19)22-2;/h3-4,7,12,16H,5-6,8-10H2,1-2H3;1H. The summed E-state index contributed by atoms with van der Waals surface area (Å²) in [7, 11) is 3.24. The van der Waals surface area contributed by atoms with Gasteiger partial charge in [0, 0.05) is 25.2 Å². The van der Waals surface area contributed by atoms with Crippen molar-refractivity contribution in [3.63, 3.8) is 0 Å². The lowest BCUT2D eigenvalue weighted by atomic mass is 10.1. The summed E-state index contributed by atoms with van der Waals surface area (Å²) in [6, 6.07) is 5.23. The van der Waals surface area contributed by atoms with Crippen LogP contribution in [0.5, 0.6) is 5.75 Å². The van der Waals surface area contributed by atoms with Crippen molar-refractivity contribution in [3.05, 3.63) is 33.9 Å². The molecular weight excluding hydrogens is 338 g/mol. The molecule has 9 heteroatoms. The molecule has 0 aliphatic carbocycles. The molecule has 1 aromatic rings. The molecular formula is C15H22ClN3O5. The molecule has 134 valence electrons. The number of nitrogens with zero attached hydrogens (tertiary/aromatic N) is 2. The van der Waals surface area contributed by atoms with Crippen LogP contribution in [0.15, 0.2) is 18.2 Å². The number of methoxy groups -OCH3 is 1. The Morgan fingerprint density at radius 3 is 2.83 bits per heavy atom. The first-order chi connectivity index (χ1) is 11.0. The third-order valence-corrected chi connectivity index (χ3v) is 3.88. The fourth-order valence-electron chi connectivity index (χ4n) is 2.55. The summed E-state index contributed by atoms with van der Waals surface area (Å²) in [5, 5.41) is 14.5. The maximum atomic E-state index is 11.2. The molecule has 1 aliphatic rings. The molecule has 1 fully saturated rings. The van der Waals surface area contributed by atoms with Gasteiger partial charge in [0.2, 0.25) is 0 Å². The Balaban J connectivity index is 0.00000288. The number of halogens is 1. The number of rotatable bonds is 7. The predicted molar refractivity (Wildman–Crippen MR) is 90.6 cm³/mol. The van der Waals surface area contributed by atoms with Crippen LogP contribution in [0.4, 0.5) is 5.69 Å². The summed E-state index contributed by atoms with van der Waals surface area (Å²) in [6.45, 7) is 2.18. The zero-order valence-electron chi connectivity index (χ0n) is 13.7. The van der Waals surface area contributed by atoms with Gasteiger partial charge in [-0.15, -0.1) is 12.4 Å². The number of esters is 1. The summed E-state index contributed by atoms with van der Waals surface area (Å²) < 4.78 is 9.63. The number of benzene rings is 1. The monoisotopic (exact) mass is 359 g/mol. The molecule has 8 nitrogen and oxygen atoms in total. The Morgan fingerprint density at radius 2 is 2.25 bits per heavy atom. The van der Waals surface area contributed by atoms with Gasteiger partial charge < -0.3 is 14.8 Å². The van der Waals surface area contributed by atoms with E-state index in [1.165, 1.54) is 19.2 Å². The highest BCUT2D eigenvalue weighted by molar-refractivity contribution is 5.85. The number of nitro groups is 1. The Labute approximate surface area is 146 Å². The Kier molecular flexibility index (Phi) is 7.90. The first-order valence-electron chi connectivity index (χ1n) is 7.39. The first-order valence-corrected chi connectivity index (χ1v) is 7.39. The van der Waals surface area contributed by atoms with Crippen LogP contribution in [0.3, 0.4) is 0 Å². The number of carbonyl (C=O) groups is 1. The van der Waals surface area contributed by atoms with Crippen LogP contribution in [0.1, 0.15) is 12.0 Å². The molecule has 24 heavy (non-hydrogen) atoms. The maximum absolute atomic E-state index is 11.2. The van der Waals surface area contributed by atoms with Gasteiger partial charge in [0.15, 0.2) is 12.4 Å².